The van der Waals surface area contributed by atoms with E-state index in [-0.39, 0.29) is 11.8 Å². The summed E-state index contributed by atoms with van der Waals surface area (Å²) in [6, 6.07) is 18.2. The Balaban J connectivity index is 1.44. The monoisotopic (exact) mass is 362 g/mol. The Labute approximate surface area is 158 Å². The highest BCUT2D eigenvalue weighted by molar-refractivity contribution is 7.13. The van der Waals surface area contributed by atoms with Crippen molar-refractivity contribution in [2.24, 2.45) is 5.92 Å². The first-order chi connectivity index (χ1) is 12.8. The summed E-state index contributed by atoms with van der Waals surface area (Å²) >= 11 is 1.65. The van der Waals surface area contributed by atoms with Crippen molar-refractivity contribution in [3.63, 3.8) is 0 Å². The van der Waals surface area contributed by atoms with E-state index in [9.17, 15) is 4.79 Å². The average molecular weight is 362 g/mol. The zero-order chi connectivity index (χ0) is 17.8. The van der Waals surface area contributed by atoms with Crippen LogP contribution in [-0.2, 0) is 4.79 Å². The zero-order valence-electron chi connectivity index (χ0n) is 14.7. The fourth-order valence-electron chi connectivity index (χ4n) is 3.45. The Morgan fingerprint density at radius 3 is 2.38 bits per heavy atom. The van der Waals surface area contributed by atoms with Crippen LogP contribution in [0.1, 0.15) is 32.1 Å². The maximum atomic E-state index is 12.4. The summed E-state index contributed by atoms with van der Waals surface area (Å²) in [6.07, 6.45) is 5.64. The van der Waals surface area contributed by atoms with E-state index in [1.165, 1.54) is 19.3 Å². The highest BCUT2D eigenvalue weighted by atomic mass is 32.1. The topological polar surface area (TPSA) is 42.0 Å². The minimum Gasteiger partial charge on any atom is -0.326 e. The van der Waals surface area contributed by atoms with Gasteiger partial charge in [-0.1, -0.05) is 61.7 Å². The molecule has 132 valence electrons. The fourth-order valence-corrected chi connectivity index (χ4v) is 4.29. The minimum absolute atomic E-state index is 0.164. The fraction of sp³-hybridized carbons (Fsp3) is 0.273. The number of carbonyl (C=O) groups excluding carboxylic acids is 1. The van der Waals surface area contributed by atoms with E-state index >= 15 is 0 Å². The Bertz CT molecular complexity index is 865. The third-order valence-corrected chi connectivity index (χ3v) is 5.84. The zero-order valence-corrected chi connectivity index (χ0v) is 15.5. The normalized spacial score (nSPS) is 14.9. The highest BCUT2D eigenvalue weighted by Crippen LogP contribution is 2.30. The van der Waals surface area contributed by atoms with Gasteiger partial charge in [0.2, 0.25) is 5.91 Å². The van der Waals surface area contributed by atoms with Crippen molar-refractivity contribution in [1.29, 1.82) is 0 Å². The van der Waals surface area contributed by atoms with Crippen molar-refractivity contribution >= 4 is 22.9 Å². The van der Waals surface area contributed by atoms with E-state index in [0.29, 0.717) is 0 Å². The second kappa shape index (κ2) is 7.83. The first-order valence-electron chi connectivity index (χ1n) is 9.22. The summed E-state index contributed by atoms with van der Waals surface area (Å²) in [7, 11) is 0. The van der Waals surface area contributed by atoms with E-state index in [1.807, 2.05) is 42.5 Å². The molecule has 0 bridgehead atoms. The van der Waals surface area contributed by atoms with Gasteiger partial charge in [0.25, 0.3) is 0 Å². The summed E-state index contributed by atoms with van der Waals surface area (Å²) in [5.74, 6) is 0.341. The standard InChI is InChI=1S/C22H22N2OS/c25-21(17-7-3-1-4-8-17)23-19-13-11-16(12-14-19)20-15-26-22(24-20)18-9-5-2-6-10-18/h2,5-6,9-15,17H,1,3-4,7-8H2,(H,23,25). The molecule has 1 saturated carbocycles. The number of nitrogens with zero attached hydrogens (tertiary/aromatic N) is 1. The number of aromatic nitrogens is 1. The summed E-state index contributed by atoms with van der Waals surface area (Å²) in [5, 5.41) is 6.17. The molecule has 0 unspecified atom stereocenters. The number of hydrogen-bond donors (Lipinski definition) is 1. The maximum absolute atomic E-state index is 12.4. The van der Waals surface area contributed by atoms with Gasteiger partial charge in [0.05, 0.1) is 5.69 Å². The van der Waals surface area contributed by atoms with Gasteiger partial charge in [-0.3, -0.25) is 4.79 Å². The van der Waals surface area contributed by atoms with E-state index in [0.717, 1.165) is 40.4 Å². The minimum atomic E-state index is 0.164. The molecule has 1 amide bonds. The highest BCUT2D eigenvalue weighted by Gasteiger charge is 2.21. The van der Waals surface area contributed by atoms with E-state index in [1.54, 1.807) is 11.3 Å². The largest absolute Gasteiger partial charge is 0.326 e. The lowest BCUT2D eigenvalue weighted by atomic mass is 9.88. The summed E-state index contributed by atoms with van der Waals surface area (Å²) in [6.45, 7) is 0. The molecule has 0 aliphatic heterocycles. The third-order valence-electron chi connectivity index (χ3n) is 4.95. The van der Waals surface area contributed by atoms with Gasteiger partial charge in [-0.2, -0.15) is 0 Å². The molecule has 0 atom stereocenters. The van der Waals surface area contributed by atoms with Gasteiger partial charge < -0.3 is 5.32 Å². The van der Waals surface area contributed by atoms with Gasteiger partial charge in [-0.25, -0.2) is 4.98 Å². The van der Waals surface area contributed by atoms with Crippen LogP contribution in [0.2, 0.25) is 0 Å². The van der Waals surface area contributed by atoms with Gasteiger partial charge in [-0.15, -0.1) is 11.3 Å². The molecule has 26 heavy (non-hydrogen) atoms. The van der Waals surface area contributed by atoms with Gasteiger partial charge in [0.1, 0.15) is 5.01 Å². The molecular weight excluding hydrogens is 340 g/mol. The van der Waals surface area contributed by atoms with E-state index in [4.69, 9.17) is 4.98 Å². The summed E-state index contributed by atoms with van der Waals surface area (Å²) in [5.41, 5.74) is 4.04. The van der Waals surface area contributed by atoms with Gasteiger partial charge in [0.15, 0.2) is 0 Å². The van der Waals surface area contributed by atoms with Crippen LogP contribution in [0.4, 0.5) is 5.69 Å². The van der Waals surface area contributed by atoms with Crippen molar-refractivity contribution in [2.45, 2.75) is 32.1 Å². The van der Waals surface area contributed by atoms with Crippen LogP contribution in [0.3, 0.4) is 0 Å². The quantitative estimate of drug-likeness (QED) is 0.619. The molecule has 1 heterocycles. The molecule has 4 heteroatoms. The van der Waals surface area contributed by atoms with Crippen molar-refractivity contribution in [3.05, 3.63) is 60.0 Å². The number of benzene rings is 2. The molecular formula is C22H22N2OS. The van der Waals surface area contributed by atoms with Crippen LogP contribution in [0.5, 0.6) is 0 Å². The first-order valence-corrected chi connectivity index (χ1v) is 10.1. The Hall–Kier alpha value is -2.46. The second-order valence-electron chi connectivity index (χ2n) is 6.81. The SMILES string of the molecule is O=C(Nc1ccc(-c2csc(-c3ccccc3)n2)cc1)C1CCCCC1. The van der Waals surface area contributed by atoms with Crippen molar-refractivity contribution in [3.8, 4) is 21.8 Å². The van der Waals surface area contributed by atoms with E-state index < -0.39 is 0 Å². The lowest BCUT2D eigenvalue weighted by molar-refractivity contribution is -0.120. The van der Waals surface area contributed by atoms with Gasteiger partial charge in [0, 0.05) is 28.1 Å². The number of thiazole rings is 1. The lowest BCUT2D eigenvalue weighted by Crippen LogP contribution is -2.24. The number of carbonyl (C=O) groups is 1. The van der Waals surface area contributed by atoms with Crippen LogP contribution in [0.15, 0.2) is 60.0 Å². The van der Waals surface area contributed by atoms with Crippen LogP contribution < -0.4 is 5.32 Å². The van der Waals surface area contributed by atoms with Crippen molar-refractivity contribution < 1.29 is 4.79 Å². The molecule has 1 N–H and O–H groups in total. The van der Waals surface area contributed by atoms with Crippen LogP contribution >= 0.6 is 11.3 Å². The average Bonchev–Trinajstić information content (AvgIpc) is 3.20. The molecule has 2 aromatic carbocycles. The third kappa shape index (κ3) is 3.86. The summed E-state index contributed by atoms with van der Waals surface area (Å²) in [4.78, 5) is 17.1. The van der Waals surface area contributed by atoms with Gasteiger partial charge >= 0.3 is 0 Å². The van der Waals surface area contributed by atoms with Crippen LogP contribution in [0, 0.1) is 5.92 Å². The smallest absolute Gasteiger partial charge is 0.227 e. The van der Waals surface area contributed by atoms with Gasteiger partial charge in [-0.05, 0) is 25.0 Å². The first kappa shape index (κ1) is 17.0. The number of nitrogens with one attached hydrogen (secondary N) is 1. The number of rotatable bonds is 4. The van der Waals surface area contributed by atoms with Crippen molar-refractivity contribution in [2.75, 3.05) is 5.32 Å². The lowest BCUT2D eigenvalue weighted by Gasteiger charge is -2.20. The number of anilines is 1. The number of amides is 1. The molecule has 4 rings (SSSR count). The number of hydrogen-bond acceptors (Lipinski definition) is 3. The predicted octanol–water partition coefficient (Wildman–Crippen LogP) is 6.00. The molecule has 3 aromatic rings. The van der Waals surface area contributed by atoms with E-state index in [2.05, 4.69) is 22.8 Å². The molecule has 1 aliphatic carbocycles. The Kier molecular flexibility index (Phi) is 5.12. The van der Waals surface area contributed by atoms with Crippen LogP contribution in [-0.4, -0.2) is 10.9 Å². The molecule has 1 fully saturated rings. The Morgan fingerprint density at radius 1 is 0.923 bits per heavy atom. The summed E-state index contributed by atoms with van der Waals surface area (Å²) < 4.78 is 0. The second-order valence-corrected chi connectivity index (χ2v) is 7.66. The predicted molar refractivity (Wildman–Crippen MR) is 108 cm³/mol. The molecule has 3 nitrogen and oxygen atoms in total. The van der Waals surface area contributed by atoms with Crippen molar-refractivity contribution in [1.82, 2.24) is 4.98 Å². The van der Waals surface area contributed by atoms with Crippen LogP contribution in [0.25, 0.3) is 21.8 Å². The molecule has 0 radical (unpaired) electrons. The molecule has 1 aliphatic rings. The Morgan fingerprint density at radius 2 is 1.65 bits per heavy atom. The maximum Gasteiger partial charge on any atom is 0.227 e. The molecule has 0 saturated heterocycles. The molecule has 0 spiro atoms. The molecule has 1 aromatic heterocycles.